The predicted octanol–water partition coefficient (Wildman–Crippen LogP) is 4.94. The van der Waals surface area contributed by atoms with Crippen LogP contribution in [0.2, 0.25) is 0 Å². The molecule has 1 unspecified atom stereocenters. The summed E-state index contributed by atoms with van der Waals surface area (Å²) in [5.74, 6) is 0.968. The minimum atomic E-state index is 0.367. The number of thioether (sulfide) groups is 1. The minimum Gasteiger partial charge on any atom is -0.377 e. The summed E-state index contributed by atoms with van der Waals surface area (Å²) in [4.78, 5) is 10.1. The van der Waals surface area contributed by atoms with E-state index in [2.05, 4.69) is 46.5 Å². The summed E-state index contributed by atoms with van der Waals surface area (Å²) in [6, 6.07) is 8.67. The Morgan fingerprint density at radius 3 is 2.91 bits per heavy atom. The second-order valence-corrected chi connectivity index (χ2v) is 7.69. The lowest BCUT2D eigenvalue weighted by Gasteiger charge is -2.09. The molecule has 1 fully saturated rings. The van der Waals surface area contributed by atoms with Crippen LogP contribution < -0.4 is 0 Å². The van der Waals surface area contributed by atoms with Gasteiger partial charge in [0.15, 0.2) is 0 Å². The zero-order chi connectivity index (χ0) is 15.6. The van der Waals surface area contributed by atoms with Crippen LogP contribution in [0.5, 0.6) is 0 Å². The molecule has 0 bridgehead atoms. The fraction of sp³-hybridized carbons (Fsp3) is 0.333. The summed E-state index contributed by atoms with van der Waals surface area (Å²) in [6.07, 6.45) is 4.38. The average Bonchev–Trinajstić information content (AvgIpc) is 3.23. The van der Waals surface area contributed by atoms with E-state index in [4.69, 9.17) is 4.74 Å². The first-order valence-electron chi connectivity index (χ1n) is 7.85. The van der Waals surface area contributed by atoms with Crippen molar-refractivity contribution in [3.05, 3.63) is 41.5 Å². The number of aromatic nitrogens is 2. The van der Waals surface area contributed by atoms with E-state index in [9.17, 15) is 0 Å². The van der Waals surface area contributed by atoms with Crippen LogP contribution in [-0.4, -0.2) is 28.4 Å². The fourth-order valence-corrected chi connectivity index (χ4v) is 4.91. The highest BCUT2D eigenvalue weighted by Gasteiger charge is 2.18. The van der Waals surface area contributed by atoms with Gasteiger partial charge in [0, 0.05) is 23.3 Å². The molecule has 0 aliphatic carbocycles. The lowest BCUT2D eigenvalue weighted by molar-refractivity contribution is 0.129. The van der Waals surface area contributed by atoms with E-state index in [0.29, 0.717) is 6.10 Å². The molecule has 1 aliphatic heterocycles. The van der Waals surface area contributed by atoms with Crippen LogP contribution in [0.1, 0.15) is 18.4 Å². The van der Waals surface area contributed by atoms with Gasteiger partial charge in [-0.25, -0.2) is 9.97 Å². The first-order valence-corrected chi connectivity index (χ1v) is 9.71. The fourth-order valence-electron chi connectivity index (χ4n) is 2.85. The van der Waals surface area contributed by atoms with Crippen molar-refractivity contribution in [3.63, 3.8) is 0 Å². The zero-order valence-electron chi connectivity index (χ0n) is 13.0. The molecule has 1 aromatic carbocycles. The Balaban J connectivity index is 1.69. The van der Waals surface area contributed by atoms with Crippen molar-refractivity contribution in [2.75, 3.05) is 12.4 Å². The predicted molar refractivity (Wildman–Crippen MR) is 97.3 cm³/mol. The number of benzene rings is 1. The third-order valence-electron chi connectivity index (χ3n) is 4.13. The van der Waals surface area contributed by atoms with Crippen molar-refractivity contribution in [1.82, 2.24) is 9.97 Å². The number of thiophene rings is 1. The van der Waals surface area contributed by atoms with Gasteiger partial charge in [0.1, 0.15) is 16.2 Å². The van der Waals surface area contributed by atoms with Crippen LogP contribution in [0.4, 0.5) is 0 Å². The van der Waals surface area contributed by atoms with Crippen LogP contribution in [0.25, 0.3) is 21.3 Å². The smallest absolute Gasteiger partial charge is 0.128 e. The largest absolute Gasteiger partial charge is 0.377 e. The Kier molecular flexibility index (Phi) is 4.33. The molecule has 0 amide bonds. The summed E-state index contributed by atoms with van der Waals surface area (Å²) in [5.41, 5.74) is 3.74. The van der Waals surface area contributed by atoms with Gasteiger partial charge in [0.25, 0.3) is 0 Å². The van der Waals surface area contributed by atoms with E-state index in [-0.39, 0.29) is 0 Å². The molecular formula is C18H18N2OS2. The van der Waals surface area contributed by atoms with Crippen LogP contribution in [-0.2, 0) is 4.74 Å². The summed E-state index contributed by atoms with van der Waals surface area (Å²) in [6.45, 7) is 3.01. The van der Waals surface area contributed by atoms with Gasteiger partial charge in [-0.05, 0) is 25.3 Å². The first kappa shape index (κ1) is 15.1. The van der Waals surface area contributed by atoms with E-state index in [1.807, 2.05) is 0 Å². The minimum absolute atomic E-state index is 0.367. The number of fused-ring (bicyclic) bond motifs is 1. The van der Waals surface area contributed by atoms with Gasteiger partial charge in [-0.2, -0.15) is 0 Å². The molecule has 3 nitrogen and oxygen atoms in total. The molecule has 1 saturated heterocycles. The lowest BCUT2D eigenvalue weighted by Crippen LogP contribution is -2.08. The Bertz CT molecular complexity index is 808. The second kappa shape index (κ2) is 6.59. The molecule has 118 valence electrons. The van der Waals surface area contributed by atoms with Gasteiger partial charge in [-0.1, -0.05) is 29.8 Å². The topological polar surface area (TPSA) is 35.0 Å². The second-order valence-electron chi connectivity index (χ2n) is 5.82. The molecule has 4 rings (SSSR count). The number of hydrogen-bond acceptors (Lipinski definition) is 5. The standard InChI is InChI=1S/C18H18N2OS2/c1-12-4-6-13(7-5-12)15-10-23-18-16(15)17(19-11-20-18)22-9-14-3-2-8-21-14/h4-7,10-11,14H,2-3,8-9H2,1H3. The average molecular weight is 342 g/mol. The summed E-state index contributed by atoms with van der Waals surface area (Å²) >= 11 is 3.48. The molecule has 1 atom stereocenters. The highest BCUT2D eigenvalue weighted by atomic mass is 32.2. The number of ether oxygens (including phenoxy) is 1. The van der Waals surface area contributed by atoms with Gasteiger partial charge < -0.3 is 4.74 Å². The van der Waals surface area contributed by atoms with Crippen molar-refractivity contribution in [2.24, 2.45) is 0 Å². The molecule has 3 heterocycles. The number of aryl methyl sites for hydroxylation is 1. The van der Waals surface area contributed by atoms with Gasteiger partial charge >= 0.3 is 0 Å². The van der Waals surface area contributed by atoms with Crippen molar-refractivity contribution < 1.29 is 4.74 Å². The van der Waals surface area contributed by atoms with Crippen LogP contribution in [0, 0.1) is 6.92 Å². The molecule has 2 aromatic heterocycles. The number of hydrogen-bond donors (Lipinski definition) is 0. The van der Waals surface area contributed by atoms with E-state index in [0.717, 1.165) is 28.6 Å². The van der Waals surface area contributed by atoms with Gasteiger partial charge in [-0.3, -0.25) is 0 Å². The first-order chi connectivity index (χ1) is 11.3. The lowest BCUT2D eigenvalue weighted by atomic mass is 10.1. The monoisotopic (exact) mass is 342 g/mol. The maximum Gasteiger partial charge on any atom is 0.128 e. The molecule has 0 saturated carbocycles. The number of nitrogens with zero attached hydrogens (tertiary/aromatic N) is 2. The zero-order valence-corrected chi connectivity index (χ0v) is 14.6. The third-order valence-corrected chi connectivity index (χ3v) is 6.14. The van der Waals surface area contributed by atoms with Crippen molar-refractivity contribution in [1.29, 1.82) is 0 Å². The van der Waals surface area contributed by atoms with Crippen LogP contribution in [0.3, 0.4) is 0 Å². The van der Waals surface area contributed by atoms with Crippen molar-refractivity contribution in [2.45, 2.75) is 30.9 Å². The highest BCUT2D eigenvalue weighted by molar-refractivity contribution is 7.99. The maximum absolute atomic E-state index is 5.73. The molecule has 5 heteroatoms. The maximum atomic E-state index is 5.73. The van der Waals surface area contributed by atoms with Gasteiger partial charge in [-0.15, -0.1) is 23.1 Å². The molecule has 1 aliphatic rings. The molecule has 23 heavy (non-hydrogen) atoms. The Hall–Kier alpha value is -1.43. The molecule has 3 aromatic rings. The Labute approximate surface area is 144 Å². The summed E-state index contributed by atoms with van der Waals surface area (Å²) in [5, 5.41) is 4.45. The SMILES string of the molecule is Cc1ccc(-c2csc3ncnc(SCC4CCCO4)c23)cc1. The number of rotatable bonds is 4. The quantitative estimate of drug-likeness (QED) is 0.497. The normalized spacial score (nSPS) is 17.9. The molecule has 0 N–H and O–H groups in total. The molecular weight excluding hydrogens is 324 g/mol. The van der Waals surface area contributed by atoms with E-state index in [1.54, 1.807) is 29.4 Å². The highest BCUT2D eigenvalue weighted by Crippen LogP contribution is 2.38. The van der Waals surface area contributed by atoms with Gasteiger partial charge in [0.2, 0.25) is 0 Å². The molecule has 0 radical (unpaired) electrons. The Morgan fingerprint density at radius 1 is 1.26 bits per heavy atom. The van der Waals surface area contributed by atoms with E-state index >= 15 is 0 Å². The summed E-state index contributed by atoms with van der Waals surface area (Å²) < 4.78 is 5.73. The van der Waals surface area contributed by atoms with E-state index in [1.165, 1.54) is 28.5 Å². The van der Waals surface area contributed by atoms with Crippen LogP contribution >= 0.6 is 23.1 Å². The van der Waals surface area contributed by atoms with Crippen molar-refractivity contribution >= 4 is 33.3 Å². The third kappa shape index (κ3) is 3.13. The molecule has 0 spiro atoms. The van der Waals surface area contributed by atoms with Crippen molar-refractivity contribution in [3.8, 4) is 11.1 Å². The summed E-state index contributed by atoms with van der Waals surface area (Å²) in [7, 11) is 0. The van der Waals surface area contributed by atoms with Gasteiger partial charge in [0.05, 0.1) is 11.5 Å². The van der Waals surface area contributed by atoms with E-state index < -0.39 is 0 Å². The van der Waals surface area contributed by atoms with Crippen LogP contribution in [0.15, 0.2) is 41.0 Å². The Morgan fingerprint density at radius 2 is 2.13 bits per heavy atom.